The van der Waals surface area contributed by atoms with Gasteiger partial charge in [-0.05, 0) is 17.7 Å². The van der Waals surface area contributed by atoms with Gasteiger partial charge in [-0.1, -0.05) is 37.8 Å². The fraction of sp³-hybridized carbons (Fsp3) is 0.364. The Kier molecular flexibility index (Phi) is 2.80. The molecule has 0 radical (unpaired) electrons. The number of nitrogens with two attached hydrogens (primary N) is 1. The zero-order valence-electron chi connectivity index (χ0n) is 9.22. The van der Waals surface area contributed by atoms with Gasteiger partial charge in [-0.2, -0.15) is 0 Å². The standard InChI is InChI=1S/C11H17NOSi/c1-8-6-5-7-9(14(2,3)4)10(8)11(12)13/h5-7H,1-4H3,(H2,12,13). The number of primary amides is 1. The fourth-order valence-corrected chi connectivity index (χ4v) is 3.29. The van der Waals surface area contributed by atoms with Crippen molar-refractivity contribution < 1.29 is 4.79 Å². The average molecular weight is 207 g/mol. The summed E-state index contributed by atoms with van der Waals surface area (Å²) in [6.45, 7) is 8.58. The number of carbonyl (C=O) groups excluding carboxylic acids is 1. The number of amides is 1. The predicted molar refractivity (Wildman–Crippen MR) is 62.7 cm³/mol. The molecule has 0 saturated carbocycles. The van der Waals surface area contributed by atoms with E-state index in [-0.39, 0.29) is 5.91 Å². The van der Waals surface area contributed by atoms with Crippen LogP contribution in [0.2, 0.25) is 19.6 Å². The molecule has 0 fully saturated rings. The first-order chi connectivity index (χ1) is 6.34. The van der Waals surface area contributed by atoms with E-state index in [4.69, 9.17) is 5.73 Å². The molecule has 14 heavy (non-hydrogen) atoms. The van der Waals surface area contributed by atoms with E-state index in [2.05, 4.69) is 19.6 Å². The van der Waals surface area contributed by atoms with Crippen LogP contribution in [0.4, 0.5) is 0 Å². The van der Waals surface area contributed by atoms with Gasteiger partial charge in [0.2, 0.25) is 5.91 Å². The van der Waals surface area contributed by atoms with Gasteiger partial charge >= 0.3 is 0 Å². The van der Waals surface area contributed by atoms with Gasteiger partial charge in [0.1, 0.15) is 0 Å². The minimum Gasteiger partial charge on any atom is -0.366 e. The quantitative estimate of drug-likeness (QED) is 0.736. The molecule has 0 bridgehead atoms. The molecule has 0 unspecified atom stereocenters. The zero-order valence-corrected chi connectivity index (χ0v) is 10.2. The van der Waals surface area contributed by atoms with E-state index in [0.29, 0.717) is 0 Å². The lowest BCUT2D eigenvalue weighted by molar-refractivity contribution is 0.100. The van der Waals surface area contributed by atoms with Gasteiger partial charge in [0, 0.05) is 5.56 Å². The first-order valence-electron chi connectivity index (χ1n) is 4.74. The highest BCUT2D eigenvalue weighted by atomic mass is 28.3. The van der Waals surface area contributed by atoms with Gasteiger partial charge in [0.05, 0.1) is 8.07 Å². The molecule has 76 valence electrons. The summed E-state index contributed by atoms with van der Waals surface area (Å²) in [5, 5.41) is 1.16. The SMILES string of the molecule is Cc1cccc([Si](C)(C)C)c1C(N)=O. The molecular weight excluding hydrogens is 190 g/mol. The lowest BCUT2D eigenvalue weighted by atomic mass is 10.1. The molecule has 0 spiro atoms. The molecule has 1 aromatic rings. The van der Waals surface area contributed by atoms with Gasteiger partial charge in [0.15, 0.2) is 0 Å². The Balaban J connectivity index is 3.44. The molecule has 0 saturated heterocycles. The molecule has 1 rings (SSSR count). The first-order valence-corrected chi connectivity index (χ1v) is 8.24. The number of aryl methyl sites for hydroxylation is 1. The summed E-state index contributed by atoms with van der Waals surface area (Å²) in [6.07, 6.45) is 0. The maximum absolute atomic E-state index is 11.3. The first kappa shape index (κ1) is 11.0. The van der Waals surface area contributed by atoms with Crippen molar-refractivity contribution in [2.45, 2.75) is 26.6 Å². The number of benzene rings is 1. The van der Waals surface area contributed by atoms with E-state index in [9.17, 15) is 4.79 Å². The van der Waals surface area contributed by atoms with Crippen molar-refractivity contribution in [3.05, 3.63) is 29.3 Å². The third-order valence-corrected chi connectivity index (χ3v) is 4.36. The van der Waals surface area contributed by atoms with Crippen LogP contribution in [0.15, 0.2) is 18.2 Å². The van der Waals surface area contributed by atoms with E-state index < -0.39 is 8.07 Å². The van der Waals surface area contributed by atoms with Gasteiger partial charge in [-0.3, -0.25) is 4.79 Å². The molecule has 0 heterocycles. The van der Waals surface area contributed by atoms with Crippen LogP contribution in [0.25, 0.3) is 0 Å². The van der Waals surface area contributed by atoms with Crippen molar-refractivity contribution >= 4 is 19.2 Å². The van der Waals surface area contributed by atoms with E-state index in [0.717, 1.165) is 16.3 Å². The number of hydrogen-bond acceptors (Lipinski definition) is 1. The van der Waals surface area contributed by atoms with Gasteiger partial charge in [-0.15, -0.1) is 0 Å². The molecule has 0 aliphatic carbocycles. The second-order valence-corrected chi connectivity index (χ2v) is 9.65. The predicted octanol–water partition coefficient (Wildman–Crippen LogP) is 1.64. The normalized spacial score (nSPS) is 11.4. The summed E-state index contributed by atoms with van der Waals surface area (Å²) in [4.78, 5) is 11.3. The lowest BCUT2D eigenvalue weighted by Gasteiger charge is -2.20. The van der Waals surface area contributed by atoms with Crippen molar-refractivity contribution in [1.82, 2.24) is 0 Å². The van der Waals surface area contributed by atoms with E-state index in [1.54, 1.807) is 0 Å². The second-order valence-electron chi connectivity index (χ2n) is 4.61. The molecule has 0 atom stereocenters. The monoisotopic (exact) mass is 207 g/mol. The largest absolute Gasteiger partial charge is 0.366 e. The van der Waals surface area contributed by atoms with Gasteiger partial charge < -0.3 is 5.73 Å². The Hall–Kier alpha value is -1.09. The highest BCUT2D eigenvalue weighted by Crippen LogP contribution is 2.10. The van der Waals surface area contributed by atoms with Crippen molar-refractivity contribution in [2.75, 3.05) is 0 Å². The van der Waals surface area contributed by atoms with Crippen LogP contribution in [-0.4, -0.2) is 14.0 Å². The summed E-state index contributed by atoms with van der Waals surface area (Å²) < 4.78 is 0. The number of rotatable bonds is 2. The summed E-state index contributed by atoms with van der Waals surface area (Å²) in [5.74, 6) is -0.305. The Labute approximate surface area is 86.1 Å². The highest BCUT2D eigenvalue weighted by molar-refractivity contribution is 6.89. The van der Waals surface area contributed by atoms with Crippen LogP contribution >= 0.6 is 0 Å². The zero-order chi connectivity index (χ0) is 10.9. The Bertz CT molecular complexity index is 366. The Morgan fingerprint density at radius 3 is 2.21 bits per heavy atom. The molecule has 3 heteroatoms. The summed E-state index contributed by atoms with van der Waals surface area (Å²) in [5.41, 5.74) is 7.11. The third kappa shape index (κ3) is 2.04. The van der Waals surface area contributed by atoms with Crippen LogP contribution in [0.3, 0.4) is 0 Å². The topological polar surface area (TPSA) is 43.1 Å². The smallest absolute Gasteiger partial charge is 0.248 e. The number of carbonyl (C=O) groups is 1. The van der Waals surface area contributed by atoms with Gasteiger partial charge in [-0.25, -0.2) is 0 Å². The Morgan fingerprint density at radius 1 is 1.29 bits per heavy atom. The van der Waals surface area contributed by atoms with E-state index in [1.807, 2.05) is 25.1 Å². The Morgan fingerprint density at radius 2 is 1.86 bits per heavy atom. The molecular formula is C11H17NOSi. The molecule has 2 nitrogen and oxygen atoms in total. The maximum atomic E-state index is 11.3. The average Bonchev–Trinajstić information content (AvgIpc) is 2.01. The summed E-state index contributed by atoms with van der Waals surface area (Å²) in [7, 11) is -1.47. The molecule has 2 N–H and O–H groups in total. The fourth-order valence-electron chi connectivity index (χ4n) is 1.62. The van der Waals surface area contributed by atoms with Crippen LogP contribution in [-0.2, 0) is 0 Å². The minimum atomic E-state index is -1.47. The summed E-state index contributed by atoms with van der Waals surface area (Å²) in [6, 6.07) is 5.96. The number of hydrogen-bond donors (Lipinski definition) is 1. The molecule has 0 aromatic heterocycles. The van der Waals surface area contributed by atoms with Gasteiger partial charge in [0.25, 0.3) is 0 Å². The second kappa shape index (κ2) is 3.57. The minimum absolute atomic E-state index is 0.305. The molecule has 0 aliphatic heterocycles. The van der Waals surface area contributed by atoms with E-state index in [1.165, 1.54) is 0 Å². The third-order valence-electron chi connectivity index (χ3n) is 2.33. The van der Waals surface area contributed by atoms with Crippen molar-refractivity contribution in [1.29, 1.82) is 0 Å². The lowest BCUT2D eigenvalue weighted by Crippen LogP contribution is -2.43. The molecule has 1 amide bonds. The molecule has 1 aromatic carbocycles. The van der Waals surface area contributed by atoms with Crippen LogP contribution in [0.5, 0.6) is 0 Å². The van der Waals surface area contributed by atoms with Crippen molar-refractivity contribution in [2.24, 2.45) is 5.73 Å². The van der Waals surface area contributed by atoms with Crippen LogP contribution in [0.1, 0.15) is 15.9 Å². The van der Waals surface area contributed by atoms with Crippen molar-refractivity contribution in [3.8, 4) is 0 Å². The van der Waals surface area contributed by atoms with Crippen LogP contribution in [0, 0.1) is 6.92 Å². The van der Waals surface area contributed by atoms with Crippen LogP contribution < -0.4 is 10.9 Å². The molecule has 0 aliphatic rings. The van der Waals surface area contributed by atoms with E-state index >= 15 is 0 Å². The maximum Gasteiger partial charge on any atom is 0.248 e. The summed E-state index contributed by atoms with van der Waals surface area (Å²) >= 11 is 0. The van der Waals surface area contributed by atoms with Crippen molar-refractivity contribution in [3.63, 3.8) is 0 Å². The highest BCUT2D eigenvalue weighted by Gasteiger charge is 2.23.